The van der Waals surface area contributed by atoms with Crippen LogP contribution >= 0.6 is 0 Å². The third kappa shape index (κ3) is 3.85. The largest absolute Gasteiger partial charge is 0.375 e. The fourth-order valence-electron chi connectivity index (χ4n) is 2.93. The molecule has 0 saturated heterocycles. The molecule has 0 bridgehead atoms. The lowest BCUT2D eigenvalue weighted by atomic mass is 9.87. The van der Waals surface area contributed by atoms with Crippen molar-refractivity contribution in [3.63, 3.8) is 0 Å². The molecule has 30 heavy (non-hydrogen) atoms. The zero-order chi connectivity index (χ0) is 21.9. The topological polar surface area (TPSA) is 189 Å². The zero-order valence-electron chi connectivity index (χ0n) is 15.3. The highest BCUT2D eigenvalue weighted by Gasteiger charge is 2.46. The predicted octanol–water partition coefficient (Wildman–Crippen LogP) is -0.365. The number of nitrogens with two attached hydrogens (primary N) is 1. The number of nitro groups is 1. The van der Waals surface area contributed by atoms with Crippen LogP contribution in [0.15, 0.2) is 53.6 Å². The van der Waals surface area contributed by atoms with Gasteiger partial charge < -0.3 is 10.4 Å². The quantitative estimate of drug-likeness (QED) is 0.111. The van der Waals surface area contributed by atoms with Crippen molar-refractivity contribution >= 4 is 34.8 Å². The molecular formula is C18H16N6O6. The Hall–Kier alpha value is -4.16. The van der Waals surface area contributed by atoms with E-state index in [0.717, 1.165) is 0 Å². The first-order valence-corrected chi connectivity index (χ1v) is 8.52. The van der Waals surface area contributed by atoms with Crippen molar-refractivity contribution in [2.24, 2.45) is 10.9 Å². The summed E-state index contributed by atoms with van der Waals surface area (Å²) in [6, 6.07) is 11.6. The first kappa shape index (κ1) is 20.6. The third-order valence-electron chi connectivity index (χ3n) is 4.46. The monoisotopic (exact) mass is 412 g/mol. The molecule has 6 N–H and O–H groups in total. The van der Waals surface area contributed by atoms with E-state index in [-0.39, 0.29) is 17.0 Å². The number of non-ortho nitro benzene ring substituents is 1. The van der Waals surface area contributed by atoms with Crippen LogP contribution in [0.5, 0.6) is 0 Å². The second-order valence-electron chi connectivity index (χ2n) is 6.31. The molecule has 3 amide bonds. The van der Waals surface area contributed by atoms with Crippen LogP contribution in [0.25, 0.3) is 0 Å². The Labute approximate surface area is 168 Å². The van der Waals surface area contributed by atoms with Gasteiger partial charge in [-0.1, -0.05) is 18.2 Å². The number of rotatable bonds is 5. The summed E-state index contributed by atoms with van der Waals surface area (Å²) in [4.78, 5) is 45.8. The first-order chi connectivity index (χ1) is 14.3. The van der Waals surface area contributed by atoms with Crippen LogP contribution < -0.4 is 22.0 Å². The fourth-order valence-corrected chi connectivity index (χ4v) is 2.93. The summed E-state index contributed by atoms with van der Waals surface area (Å²) in [7, 11) is 0. The molecule has 0 radical (unpaired) electrons. The summed E-state index contributed by atoms with van der Waals surface area (Å²) in [6.45, 7) is 0. The van der Waals surface area contributed by atoms with E-state index in [2.05, 4.69) is 10.4 Å². The molecule has 12 nitrogen and oxygen atoms in total. The number of hydrogen-bond acceptors (Lipinski definition) is 8. The van der Waals surface area contributed by atoms with Crippen molar-refractivity contribution in [1.29, 1.82) is 0 Å². The summed E-state index contributed by atoms with van der Waals surface area (Å²) in [5.74, 6) is 1.85. The zero-order valence-corrected chi connectivity index (χ0v) is 15.3. The number of nitrogens with one attached hydrogen (secondary N) is 3. The van der Waals surface area contributed by atoms with Gasteiger partial charge in [-0.25, -0.2) is 11.3 Å². The van der Waals surface area contributed by atoms with Gasteiger partial charge in [0.25, 0.3) is 11.6 Å². The van der Waals surface area contributed by atoms with Crippen LogP contribution in [0.1, 0.15) is 17.5 Å². The first-order valence-electron chi connectivity index (χ1n) is 8.52. The number of nitrogens with zero attached hydrogens (tertiary/aromatic N) is 2. The van der Waals surface area contributed by atoms with Gasteiger partial charge in [0.2, 0.25) is 0 Å². The molecule has 0 aliphatic carbocycles. The molecule has 2 aromatic rings. The molecule has 0 saturated carbocycles. The number of carbonyl (C=O) groups excluding carboxylic acids is 3. The summed E-state index contributed by atoms with van der Waals surface area (Å²) in [6.07, 6.45) is -0.391. The van der Waals surface area contributed by atoms with Crippen LogP contribution in [-0.4, -0.2) is 33.5 Å². The molecular weight excluding hydrogens is 396 g/mol. The van der Waals surface area contributed by atoms with E-state index in [4.69, 9.17) is 5.84 Å². The van der Waals surface area contributed by atoms with Crippen molar-refractivity contribution in [1.82, 2.24) is 10.9 Å². The lowest BCUT2D eigenvalue weighted by Crippen LogP contribution is -2.42. The summed E-state index contributed by atoms with van der Waals surface area (Å²) < 4.78 is 0. The molecule has 1 aliphatic heterocycles. The molecule has 0 aromatic heterocycles. The van der Waals surface area contributed by atoms with Crippen LogP contribution in [0.2, 0.25) is 0 Å². The predicted molar refractivity (Wildman–Crippen MR) is 104 cm³/mol. The number of hydrazine groups is 1. The Morgan fingerprint density at radius 2 is 1.83 bits per heavy atom. The van der Waals surface area contributed by atoms with Crippen LogP contribution in [0, 0.1) is 10.1 Å². The standard InChI is InChI=1S/C18H16N6O6/c19-21-15(25)16(26)23-22-14(10-5-7-11(8-6-10)24(29)30)9-18(28)12-3-1-2-4-13(12)20-17(18)27/h1-8,28H,9,19H2,(H,20,27)(H,21,25)(H,23,26)/b22-14-. The fraction of sp³-hybridized carbons (Fsp3) is 0.111. The summed E-state index contributed by atoms with van der Waals surface area (Å²) in [5.41, 5.74) is 2.41. The molecule has 1 unspecified atom stereocenters. The van der Waals surface area contributed by atoms with Gasteiger partial charge in [-0.3, -0.25) is 29.9 Å². The SMILES string of the molecule is NNC(=O)C(=O)N/N=C(/CC1(O)C(=O)Nc2ccccc21)c1ccc([N+](=O)[O-])cc1. The van der Waals surface area contributed by atoms with Crippen molar-refractivity contribution in [2.75, 3.05) is 5.32 Å². The molecule has 12 heteroatoms. The van der Waals surface area contributed by atoms with Crippen molar-refractivity contribution in [3.05, 3.63) is 69.8 Å². The van der Waals surface area contributed by atoms with Gasteiger partial charge >= 0.3 is 11.8 Å². The molecule has 0 fully saturated rings. The maximum atomic E-state index is 12.5. The molecule has 154 valence electrons. The highest BCUT2D eigenvalue weighted by Crippen LogP contribution is 2.39. The van der Waals surface area contributed by atoms with E-state index >= 15 is 0 Å². The van der Waals surface area contributed by atoms with Gasteiger partial charge in [0.05, 0.1) is 10.6 Å². The van der Waals surface area contributed by atoms with Crippen molar-refractivity contribution < 1.29 is 24.4 Å². The van der Waals surface area contributed by atoms with Gasteiger partial charge in [-0.15, -0.1) is 0 Å². The third-order valence-corrected chi connectivity index (χ3v) is 4.46. The molecule has 1 atom stereocenters. The van der Waals surface area contributed by atoms with E-state index < -0.39 is 34.7 Å². The number of amides is 3. The maximum Gasteiger partial charge on any atom is 0.330 e. The van der Waals surface area contributed by atoms with Crippen molar-refractivity contribution in [3.8, 4) is 0 Å². The Morgan fingerprint density at radius 1 is 1.17 bits per heavy atom. The van der Waals surface area contributed by atoms with Crippen LogP contribution in [0.4, 0.5) is 11.4 Å². The van der Waals surface area contributed by atoms with E-state index in [9.17, 15) is 29.6 Å². The highest BCUT2D eigenvalue weighted by atomic mass is 16.6. The molecule has 0 spiro atoms. The Bertz CT molecular complexity index is 1070. The van der Waals surface area contributed by atoms with Crippen molar-refractivity contribution in [2.45, 2.75) is 12.0 Å². The number of aliphatic hydroxyl groups is 1. The van der Waals surface area contributed by atoms with E-state index in [1.807, 2.05) is 5.43 Å². The second kappa shape index (κ2) is 8.06. The number of nitro benzene ring substituents is 1. The number of anilines is 1. The molecule has 1 heterocycles. The van der Waals surface area contributed by atoms with Gasteiger partial charge in [-0.2, -0.15) is 5.10 Å². The average molecular weight is 412 g/mol. The van der Waals surface area contributed by atoms with Gasteiger partial charge in [0, 0.05) is 29.8 Å². The Balaban J connectivity index is 1.99. The maximum absolute atomic E-state index is 12.5. The average Bonchev–Trinajstić information content (AvgIpc) is 3.00. The van der Waals surface area contributed by atoms with Crippen LogP contribution in [-0.2, 0) is 20.0 Å². The highest BCUT2D eigenvalue weighted by molar-refractivity contribution is 6.35. The van der Waals surface area contributed by atoms with Gasteiger partial charge in [0.1, 0.15) is 0 Å². The lowest BCUT2D eigenvalue weighted by Gasteiger charge is -2.22. The lowest BCUT2D eigenvalue weighted by molar-refractivity contribution is -0.384. The smallest absolute Gasteiger partial charge is 0.330 e. The number of hydrazone groups is 1. The van der Waals surface area contributed by atoms with Gasteiger partial charge in [-0.05, 0) is 23.8 Å². The van der Waals surface area contributed by atoms with E-state index in [1.165, 1.54) is 24.3 Å². The summed E-state index contributed by atoms with van der Waals surface area (Å²) >= 11 is 0. The Kier molecular flexibility index (Phi) is 5.53. The Morgan fingerprint density at radius 3 is 2.47 bits per heavy atom. The minimum atomic E-state index is -2.02. The minimum absolute atomic E-state index is 0.00239. The minimum Gasteiger partial charge on any atom is -0.375 e. The summed E-state index contributed by atoms with van der Waals surface area (Å²) in [5, 5.41) is 28.4. The normalized spacial score (nSPS) is 17.7. The van der Waals surface area contributed by atoms with Crippen LogP contribution in [0.3, 0.4) is 0 Å². The van der Waals surface area contributed by atoms with Gasteiger partial charge in [0.15, 0.2) is 5.60 Å². The van der Waals surface area contributed by atoms with E-state index in [1.54, 1.807) is 29.7 Å². The number of para-hydroxylation sites is 1. The number of fused-ring (bicyclic) bond motifs is 1. The number of carbonyl (C=O) groups is 3. The number of hydrogen-bond donors (Lipinski definition) is 5. The molecule has 2 aromatic carbocycles. The van der Waals surface area contributed by atoms with E-state index in [0.29, 0.717) is 11.3 Å². The molecule has 1 aliphatic rings. The second-order valence-corrected chi connectivity index (χ2v) is 6.31. The molecule has 3 rings (SSSR count). The number of benzene rings is 2.